The van der Waals surface area contributed by atoms with E-state index in [2.05, 4.69) is 56.6 Å². The molecule has 3 N–H and O–H groups in total. The zero-order valence-corrected chi connectivity index (χ0v) is 18.2. The molecule has 27 heavy (non-hydrogen) atoms. The molecule has 2 amide bonds. The zero-order valence-electron chi connectivity index (χ0n) is 17.4. The molecular formula is C21H36N2O3S. The van der Waals surface area contributed by atoms with Crippen LogP contribution >= 0.6 is 11.8 Å². The third-order valence-corrected chi connectivity index (χ3v) is 4.87. The number of thioether (sulfide) groups is 1. The summed E-state index contributed by atoms with van der Waals surface area (Å²) in [6, 6.07) is -1.31. The summed E-state index contributed by atoms with van der Waals surface area (Å²) >= 11 is 1.51. The van der Waals surface area contributed by atoms with Crippen molar-refractivity contribution in [2.75, 3.05) is 18.1 Å². The van der Waals surface area contributed by atoms with Crippen molar-refractivity contribution < 1.29 is 14.7 Å². The normalized spacial score (nSPS) is 13.1. The van der Waals surface area contributed by atoms with Crippen molar-refractivity contribution in [1.82, 2.24) is 10.6 Å². The third kappa shape index (κ3) is 15.1. The first-order valence-corrected chi connectivity index (χ1v) is 10.7. The molecule has 0 aromatic rings. The van der Waals surface area contributed by atoms with Gasteiger partial charge in [-0.1, -0.05) is 34.9 Å². The Balaban J connectivity index is 4.14. The topological polar surface area (TPSA) is 78.4 Å². The van der Waals surface area contributed by atoms with Gasteiger partial charge in [-0.15, -0.1) is 0 Å². The Labute approximate surface area is 168 Å². The molecule has 0 spiro atoms. The van der Waals surface area contributed by atoms with Crippen LogP contribution in [-0.4, -0.2) is 41.2 Å². The first kappa shape index (κ1) is 25.3. The van der Waals surface area contributed by atoms with E-state index in [1.807, 2.05) is 0 Å². The molecule has 0 aromatic carbocycles. The van der Waals surface area contributed by atoms with E-state index < -0.39 is 18.0 Å². The van der Waals surface area contributed by atoms with Gasteiger partial charge in [0.2, 0.25) is 0 Å². The summed E-state index contributed by atoms with van der Waals surface area (Å²) in [6.07, 6.45) is 11.0. The van der Waals surface area contributed by atoms with E-state index in [0.717, 1.165) is 31.4 Å². The summed E-state index contributed by atoms with van der Waals surface area (Å²) in [5.74, 6) is 0.0819. The highest BCUT2D eigenvalue weighted by molar-refractivity contribution is 7.99. The van der Waals surface area contributed by atoms with Crippen LogP contribution in [0.3, 0.4) is 0 Å². The fourth-order valence-corrected chi connectivity index (χ4v) is 3.27. The van der Waals surface area contributed by atoms with Crippen LogP contribution in [-0.2, 0) is 4.79 Å². The number of carbonyl (C=O) groups excluding carboxylic acids is 1. The number of hydrogen-bond acceptors (Lipinski definition) is 3. The summed E-state index contributed by atoms with van der Waals surface area (Å²) in [5.41, 5.74) is 4.10. The van der Waals surface area contributed by atoms with Crippen molar-refractivity contribution in [2.45, 2.75) is 66.3 Å². The van der Waals surface area contributed by atoms with Gasteiger partial charge < -0.3 is 15.7 Å². The lowest BCUT2D eigenvalue weighted by molar-refractivity contribution is -0.138. The number of rotatable bonds is 13. The first-order chi connectivity index (χ1) is 12.8. The Hall–Kier alpha value is -1.69. The van der Waals surface area contributed by atoms with Gasteiger partial charge in [0.15, 0.2) is 0 Å². The summed E-state index contributed by atoms with van der Waals surface area (Å²) in [5, 5.41) is 14.2. The number of carboxylic acids is 1. The largest absolute Gasteiger partial charge is 0.480 e. The second-order valence-corrected chi connectivity index (χ2v) is 7.97. The van der Waals surface area contributed by atoms with E-state index in [1.165, 1.54) is 28.5 Å². The molecule has 0 saturated carbocycles. The molecule has 0 aliphatic rings. The predicted molar refractivity (Wildman–Crippen MR) is 116 cm³/mol. The lowest BCUT2D eigenvalue weighted by Crippen LogP contribution is -2.47. The van der Waals surface area contributed by atoms with E-state index in [0.29, 0.717) is 12.3 Å². The molecule has 0 unspecified atom stereocenters. The van der Waals surface area contributed by atoms with Crippen LogP contribution in [0.4, 0.5) is 4.79 Å². The molecule has 0 saturated heterocycles. The number of nitrogens with one attached hydrogen (secondary N) is 2. The SMILES string of the molecule is CCNC(=O)N[C@@H](CSC/C=C(\C)CC/C=C(\C)CCC=C(C)C)C(=O)O. The van der Waals surface area contributed by atoms with Crippen LogP contribution in [0.1, 0.15) is 60.3 Å². The lowest BCUT2D eigenvalue weighted by atomic mass is 10.1. The summed E-state index contributed by atoms with van der Waals surface area (Å²) in [7, 11) is 0. The Morgan fingerprint density at radius 2 is 1.59 bits per heavy atom. The first-order valence-electron chi connectivity index (χ1n) is 9.55. The van der Waals surface area contributed by atoms with E-state index in [9.17, 15) is 14.7 Å². The molecule has 0 aliphatic carbocycles. The molecular weight excluding hydrogens is 360 g/mol. The van der Waals surface area contributed by atoms with Crippen LogP contribution < -0.4 is 10.6 Å². The second-order valence-electron chi connectivity index (χ2n) is 6.89. The number of carbonyl (C=O) groups is 2. The van der Waals surface area contributed by atoms with Crippen molar-refractivity contribution >= 4 is 23.8 Å². The number of allylic oxidation sites excluding steroid dienone is 5. The highest BCUT2D eigenvalue weighted by atomic mass is 32.2. The fraction of sp³-hybridized carbons (Fsp3) is 0.619. The summed E-state index contributed by atoms with van der Waals surface area (Å²) in [6.45, 7) is 10.8. The fourth-order valence-electron chi connectivity index (χ4n) is 2.27. The van der Waals surface area contributed by atoms with Gasteiger partial charge in [-0.05, 0) is 60.3 Å². The third-order valence-electron chi connectivity index (χ3n) is 3.90. The van der Waals surface area contributed by atoms with Crippen molar-refractivity contribution in [3.8, 4) is 0 Å². The number of amides is 2. The molecule has 0 rings (SSSR count). The molecule has 0 bridgehead atoms. The van der Waals surface area contributed by atoms with Gasteiger partial charge in [0.25, 0.3) is 0 Å². The van der Waals surface area contributed by atoms with E-state index in [4.69, 9.17) is 0 Å². The van der Waals surface area contributed by atoms with Gasteiger partial charge >= 0.3 is 12.0 Å². The molecule has 0 aromatic heterocycles. The minimum atomic E-state index is -1.01. The van der Waals surface area contributed by atoms with Crippen LogP contribution in [0, 0.1) is 0 Å². The molecule has 0 aliphatic heterocycles. The highest BCUT2D eigenvalue weighted by Crippen LogP contribution is 2.13. The standard InChI is InChI=1S/C21H36N2O3S/c1-6-22-21(26)23-19(20(24)25)15-27-14-13-18(5)12-8-11-17(4)10-7-9-16(2)3/h9,11,13,19H,6-8,10,12,14-15H2,1-5H3,(H,24,25)(H2,22,23,26)/b17-11+,18-13+/t19-/m0/s1. The summed E-state index contributed by atoms with van der Waals surface area (Å²) in [4.78, 5) is 22.7. The second kappa shape index (κ2) is 15.4. The average Bonchev–Trinajstić information content (AvgIpc) is 2.57. The van der Waals surface area contributed by atoms with Gasteiger partial charge in [-0.25, -0.2) is 9.59 Å². The molecule has 5 nitrogen and oxygen atoms in total. The molecule has 154 valence electrons. The van der Waals surface area contributed by atoms with Crippen molar-refractivity contribution in [1.29, 1.82) is 0 Å². The molecule has 0 radical (unpaired) electrons. The average molecular weight is 397 g/mol. The maximum Gasteiger partial charge on any atom is 0.327 e. The zero-order chi connectivity index (χ0) is 20.7. The number of hydrogen-bond donors (Lipinski definition) is 3. The van der Waals surface area contributed by atoms with Crippen LogP contribution in [0.25, 0.3) is 0 Å². The van der Waals surface area contributed by atoms with E-state index in [-0.39, 0.29) is 0 Å². The van der Waals surface area contributed by atoms with Gasteiger partial charge in [0, 0.05) is 18.1 Å². The van der Waals surface area contributed by atoms with Gasteiger partial charge in [-0.2, -0.15) is 11.8 Å². The van der Waals surface area contributed by atoms with Gasteiger partial charge in [0.05, 0.1) is 0 Å². The molecule has 0 fully saturated rings. The molecule has 0 heterocycles. The summed E-state index contributed by atoms with van der Waals surface area (Å²) < 4.78 is 0. The predicted octanol–water partition coefficient (Wildman–Crippen LogP) is 4.91. The maximum absolute atomic E-state index is 11.5. The Bertz CT molecular complexity index is 550. The molecule has 1 atom stereocenters. The maximum atomic E-state index is 11.5. The molecule has 6 heteroatoms. The monoisotopic (exact) mass is 396 g/mol. The number of urea groups is 1. The number of aliphatic carboxylic acids is 1. The Morgan fingerprint density at radius 1 is 1.00 bits per heavy atom. The van der Waals surface area contributed by atoms with Gasteiger partial charge in [-0.3, -0.25) is 0 Å². The Kier molecular flexibility index (Phi) is 14.4. The highest BCUT2D eigenvalue weighted by Gasteiger charge is 2.19. The smallest absolute Gasteiger partial charge is 0.327 e. The van der Waals surface area contributed by atoms with E-state index in [1.54, 1.807) is 6.92 Å². The van der Waals surface area contributed by atoms with Crippen molar-refractivity contribution in [2.24, 2.45) is 0 Å². The Morgan fingerprint density at radius 3 is 2.15 bits per heavy atom. The number of carboxylic acid groups (broad SMARTS) is 1. The van der Waals surface area contributed by atoms with Crippen LogP contribution in [0.5, 0.6) is 0 Å². The minimum Gasteiger partial charge on any atom is -0.480 e. The van der Waals surface area contributed by atoms with Crippen molar-refractivity contribution in [3.05, 3.63) is 34.9 Å². The van der Waals surface area contributed by atoms with Gasteiger partial charge in [0.1, 0.15) is 6.04 Å². The van der Waals surface area contributed by atoms with Crippen LogP contribution in [0.15, 0.2) is 34.9 Å². The minimum absolute atomic E-state index is 0.347. The quantitative estimate of drug-likeness (QED) is 0.305. The lowest BCUT2D eigenvalue weighted by Gasteiger charge is -2.14. The van der Waals surface area contributed by atoms with E-state index >= 15 is 0 Å². The van der Waals surface area contributed by atoms with Crippen LogP contribution in [0.2, 0.25) is 0 Å². The van der Waals surface area contributed by atoms with Crippen molar-refractivity contribution in [3.63, 3.8) is 0 Å².